The van der Waals surface area contributed by atoms with Gasteiger partial charge in [-0.1, -0.05) is 0 Å². The average molecular weight is 290 g/mol. The smallest absolute Gasteiger partial charge is 0.274 e. The van der Waals surface area contributed by atoms with Crippen LogP contribution in [-0.2, 0) is 0 Å². The van der Waals surface area contributed by atoms with Gasteiger partial charge in [-0.05, 0) is 50.9 Å². The molecule has 3 heterocycles. The quantitative estimate of drug-likeness (QED) is 0.602. The Bertz CT molecular complexity index is 505. The minimum Gasteiger partial charge on any atom is -0.337 e. The highest BCUT2D eigenvalue weighted by Crippen LogP contribution is 2.29. The number of carbonyl (C=O) groups excluding carboxylic acids is 1. The first-order valence-electron chi connectivity index (χ1n) is 7.49. The van der Waals surface area contributed by atoms with E-state index < -0.39 is 0 Å². The van der Waals surface area contributed by atoms with Gasteiger partial charge < -0.3 is 15.2 Å². The molecule has 7 heteroatoms. The summed E-state index contributed by atoms with van der Waals surface area (Å²) in [6, 6.07) is 3.96. The van der Waals surface area contributed by atoms with E-state index in [1.54, 1.807) is 12.1 Å². The number of aromatic nitrogens is 2. The zero-order valence-electron chi connectivity index (χ0n) is 12.3. The molecule has 1 aromatic heterocycles. The minimum absolute atomic E-state index is 0.0299. The van der Waals surface area contributed by atoms with Crippen LogP contribution in [0.5, 0.6) is 0 Å². The van der Waals surface area contributed by atoms with Crippen LogP contribution in [0.25, 0.3) is 0 Å². The lowest BCUT2D eigenvalue weighted by atomic mass is 9.84. The van der Waals surface area contributed by atoms with Gasteiger partial charge >= 0.3 is 0 Å². The number of hydrogen-bond donors (Lipinski definition) is 2. The molecular weight excluding hydrogens is 268 g/mol. The van der Waals surface area contributed by atoms with Gasteiger partial charge in [0.25, 0.3) is 5.91 Å². The Balaban J connectivity index is 1.68. The van der Waals surface area contributed by atoms with Crippen LogP contribution in [0, 0.1) is 5.92 Å². The van der Waals surface area contributed by atoms with E-state index in [4.69, 9.17) is 5.84 Å². The van der Waals surface area contributed by atoms with Crippen LogP contribution in [0.1, 0.15) is 29.8 Å². The number of nitrogens with one attached hydrogen (secondary N) is 1. The SMILES string of the molecule is CN1CCCC2CN(C(=O)c3ccc(NN)nn3)CCC21. The first kappa shape index (κ1) is 14.2. The summed E-state index contributed by atoms with van der Waals surface area (Å²) in [6.45, 7) is 2.80. The molecule has 0 aromatic carbocycles. The van der Waals surface area contributed by atoms with Gasteiger partial charge in [-0.2, -0.15) is 0 Å². The Hall–Kier alpha value is -1.73. The van der Waals surface area contributed by atoms with E-state index in [0.717, 1.165) is 19.5 Å². The van der Waals surface area contributed by atoms with Crippen LogP contribution in [0.2, 0.25) is 0 Å². The average Bonchev–Trinajstić information content (AvgIpc) is 2.54. The number of hydrogen-bond acceptors (Lipinski definition) is 6. The Labute approximate surface area is 124 Å². The van der Waals surface area contributed by atoms with Crippen molar-refractivity contribution in [2.24, 2.45) is 11.8 Å². The van der Waals surface area contributed by atoms with Crippen molar-refractivity contribution in [3.05, 3.63) is 17.8 Å². The molecule has 114 valence electrons. The fourth-order valence-corrected chi connectivity index (χ4v) is 3.52. The number of nitrogen functional groups attached to an aromatic ring is 1. The molecule has 2 fully saturated rings. The van der Waals surface area contributed by atoms with Gasteiger partial charge in [0.15, 0.2) is 11.5 Å². The van der Waals surface area contributed by atoms with Crippen LogP contribution >= 0.6 is 0 Å². The predicted molar refractivity (Wildman–Crippen MR) is 79.5 cm³/mol. The Morgan fingerprint density at radius 2 is 2.19 bits per heavy atom. The number of nitrogens with zero attached hydrogens (tertiary/aromatic N) is 4. The Morgan fingerprint density at radius 3 is 2.90 bits per heavy atom. The fourth-order valence-electron chi connectivity index (χ4n) is 3.52. The van der Waals surface area contributed by atoms with E-state index in [2.05, 4.69) is 27.6 Å². The van der Waals surface area contributed by atoms with Crippen molar-refractivity contribution in [2.75, 3.05) is 32.1 Å². The number of rotatable bonds is 2. The zero-order chi connectivity index (χ0) is 14.8. The first-order valence-corrected chi connectivity index (χ1v) is 7.49. The first-order chi connectivity index (χ1) is 10.2. The van der Waals surface area contributed by atoms with Crippen molar-refractivity contribution < 1.29 is 4.79 Å². The van der Waals surface area contributed by atoms with E-state index in [-0.39, 0.29) is 5.91 Å². The van der Waals surface area contributed by atoms with E-state index in [1.165, 1.54) is 19.4 Å². The summed E-state index contributed by atoms with van der Waals surface area (Å²) in [5, 5.41) is 7.81. The van der Waals surface area contributed by atoms with Crippen molar-refractivity contribution in [3.8, 4) is 0 Å². The lowest BCUT2D eigenvalue weighted by Gasteiger charge is -2.45. The third-order valence-corrected chi connectivity index (χ3v) is 4.66. The molecular formula is C14H22N6O. The second-order valence-corrected chi connectivity index (χ2v) is 5.94. The predicted octanol–water partition coefficient (Wildman–Crippen LogP) is 0.319. The topological polar surface area (TPSA) is 87.4 Å². The van der Waals surface area contributed by atoms with Crippen LogP contribution in [0.4, 0.5) is 5.82 Å². The molecule has 2 saturated heterocycles. The summed E-state index contributed by atoms with van der Waals surface area (Å²) < 4.78 is 0. The number of piperidine rings is 2. The number of hydrazine groups is 1. The molecule has 1 aromatic rings. The molecule has 2 aliphatic heterocycles. The second kappa shape index (κ2) is 5.95. The van der Waals surface area contributed by atoms with Gasteiger partial charge in [-0.15, -0.1) is 10.2 Å². The van der Waals surface area contributed by atoms with Crippen LogP contribution in [-0.4, -0.2) is 58.6 Å². The number of carbonyl (C=O) groups is 1. The molecule has 2 aliphatic rings. The van der Waals surface area contributed by atoms with Crippen molar-refractivity contribution in [3.63, 3.8) is 0 Å². The van der Waals surface area contributed by atoms with Gasteiger partial charge in [-0.3, -0.25) is 4.79 Å². The van der Waals surface area contributed by atoms with Crippen LogP contribution in [0.3, 0.4) is 0 Å². The van der Waals surface area contributed by atoms with Gasteiger partial charge in [-0.25, -0.2) is 5.84 Å². The van der Waals surface area contributed by atoms with E-state index in [9.17, 15) is 4.79 Å². The fraction of sp³-hybridized carbons (Fsp3) is 0.643. The zero-order valence-corrected chi connectivity index (χ0v) is 12.3. The summed E-state index contributed by atoms with van der Waals surface area (Å²) in [6.07, 6.45) is 3.47. The van der Waals surface area contributed by atoms with Crippen molar-refractivity contribution in [1.29, 1.82) is 0 Å². The monoisotopic (exact) mass is 290 g/mol. The van der Waals surface area contributed by atoms with E-state index in [1.807, 2.05) is 4.90 Å². The third-order valence-electron chi connectivity index (χ3n) is 4.66. The summed E-state index contributed by atoms with van der Waals surface area (Å²) in [7, 11) is 2.19. The maximum absolute atomic E-state index is 12.5. The number of nitrogens with two attached hydrogens (primary N) is 1. The highest BCUT2D eigenvalue weighted by molar-refractivity contribution is 5.92. The number of amides is 1. The van der Waals surface area contributed by atoms with Gasteiger partial charge in [0.1, 0.15) is 0 Å². The van der Waals surface area contributed by atoms with Crippen LogP contribution < -0.4 is 11.3 Å². The summed E-state index contributed by atoms with van der Waals surface area (Å²) >= 11 is 0. The van der Waals surface area contributed by atoms with Crippen molar-refractivity contribution >= 4 is 11.7 Å². The molecule has 3 N–H and O–H groups in total. The Morgan fingerprint density at radius 1 is 1.33 bits per heavy atom. The highest BCUT2D eigenvalue weighted by Gasteiger charge is 2.36. The molecule has 0 spiro atoms. The third kappa shape index (κ3) is 2.84. The number of likely N-dealkylation sites (tertiary alicyclic amines) is 2. The number of anilines is 1. The maximum Gasteiger partial charge on any atom is 0.274 e. The van der Waals surface area contributed by atoms with Gasteiger partial charge in [0.2, 0.25) is 0 Å². The molecule has 7 nitrogen and oxygen atoms in total. The molecule has 0 saturated carbocycles. The largest absolute Gasteiger partial charge is 0.337 e. The molecule has 0 aliphatic carbocycles. The molecule has 2 atom stereocenters. The van der Waals surface area contributed by atoms with Crippen molar-refractivity contribution in [2.45, 2.75) is 25.3 Å². The highest BCUT2D eigenvalue weighted by atomic mass is 16.2. The van der Waals surface area contributed by atoms with Crippen molar-refractivity contribution in [1.82, 2.24) is 20.0 Å². The van der Waals surface area contributed by atoms with E-state index >= 15 is 0 Å². The summed E-state index contributed by atoms with van der Waals surface area (Å²) in [5.74, 6) is 6.26. The molecule has 3 rings (SSSR count). The van der Waals surface area contributed by atoms with Crippen LogP contribution in [0.15, 0.2) is 12.1 Å². The molecule has 2 unspecified atom stereocenters. The Kier molecular flexibility index (Phi) is 4.03. The normalized spacial score (nSPS) is 26.3. The van der Waals surface area contributed by atoms with Gasteiger partial charge in [0, 0.05) is 19.1 Å². The van der Waals surface area contributed by atoms with Gasteiger partial charge in [0.05, 0.1) is 0 Å². The molecule has 0 bridgehead atoms. The standard InChI is InChI=1S/C14H22N6O/c1-19-7-2-3-10-9-20(8-6-12(10)19)14(21)11-4-5-13(16-15)18-17-11/h4-5,10,12H,2-3,6-9,15H2,1H3,(H,16,18). The molecule has 21 heavy (non-hydrogen) atoms. The molecule has 1 amide bonds. The van der Waals surface area contributed by atoms with E-state index in [0.29, 0.717) is 23.5 Å². The molecule has 0 radical (unpaired) electrons. The summed E-state index contributed by atoms with van der Waals surface area (Å²) in [5.41, 5.74) is 2.80. The second-order valence-electron chi connectivity index (χ2n) is 5.94. The lowest BCUT2D eigenvalue weighted by molar-refractivity contribution is 0.0312. The minimum atomic E-state index is -0.0299. The summed E-state index contributed by atoms with van der Waals surface area (Å²) in [4.78, 5) is 16.9. The number of fused-ring (bicyclic) bond motifs is 1. The lowest BCUT2D eigenvalue weighted by Crippen LogP contribution is -2.54. The maximum atomic E-state index is 12.5.